The number of carbonyl (C=O) groups is 2. The topological polar surface area (TPSA) is 83.8 Å². The molecule has 0 amide bonds. The second kappa shape index (κ2) is 6.09. The third-order valence-corrected chi connectivity index (χ3v) is 3.05. The number of hydrogen-bond donors (Lipinski definition) is 2. The Balaban J connectivity index is 2.43. The van der Waals surface area contributed by atoms with Crippen molar-refractivity contribution in [3.05, 3.63) is 59.2 Å². The molecule has 0 aliphatic heterocycles. The van der Waals surface area contributed by atoms with Crippen LogP contribution in [-0.2, 0) is 11.2 Å². The molecule has 0 aromatic heterocycles. The van der Waals surface area contributed by atoms with Gasteiger partial charge >= 0.3 is 5.97 Å². The van der Waals surface area contributed by atoms with Crippen molar-refractivity contribution >= 4 is 11.8 Å². The van der Waals surface area contributed by atoms with Crippen LogP contribution in [0.5, 0.6) is 11.5 Å². The van der Waals surface area contributed by atoms with E-state index in [9.17, 15) is 14.7 Å². The van der Waals surface area contributed by atoms with Crippen molar-refractivity contribution < 1.29 is 24.5 Å². The number of carbonyl (C=O) groups excluding carboxylic acids is 1. The maximum Gasteiger partial charge on any atom is 0.307 e. The molecule has 0 radical (unpaired) electrons. The number of aliphatic carboxylic acids is 1. The van der Waals surface area contributed by atoms with E-state index in [0.29, 0.717) is 11.3 Å². The van der Waals surface area contributed by atoms with Gasteiger partial charge in [-0.3, -0.25) is 9.59 Å². The highest BCUT2D eigenvalue weighted by Gasteiger charge is 2.18. The van der Waals surface area contributed by atoms with Crippen molar-refractivity contribution in [3.63, 3.8) is 0 Å². The van der Waals surface area contributed by atoms with E-state index in [1.165, 1.54) is 19.2 Å². The molecule has 0 fully saturated rings. The van der Waals surface area contributed by atoms with Gasteiger partial charge in [-0.2, -0.15) is 0 Å². The third kappa shape index (κ3) is 3.20. The van der Waals surface area contributed by atoms with E-state index >= 15 is 0 Å². The Hall–Kier alpha value is -2.82. The zero-order valence-electron chi connectivity index (χ0n) is 11.4. The van der Waals surface area contributed by atoms with E-state index in [1.807, 2.05) is 0 Å². The molecule has 0 aliphatic carbocycles. The first-order chi connectivity index (χ1) is 10.0. The zero-order valence-corrected chi connectivity index (χ0v) is 11.4. The van der Waals surface area contributed by atoms with Crippen LogP contribution in [0.2, 0.25) is 0 Å². The second-order valence-corrected chi connectivity index (χ2v) is 4.44. The van der Waals surface area contributed by atoms with Gasteiger partial charge in [-0.15, -0.1) is 0 Å². The monoisotopic (exact) mass is 286 g/mol. The first kappa shape index (κ1) is 14.6. The van der Waals surface area contributed by atoms with E-state index in [0.717, 1.165) is 0 Å². The lowest BCUT2D eigenvalue weighted by Gasteiger charge is -2.09. The minimum Gasteiger partial charge on any atom is -0.507 e. The van der Waals surface area contributed by atoms with E-state index in [4.69, 9.17) is 9.84 Å². The van der Waals surface area contributed by atoms with Gasteiger partial charge in [-0.25, -0.2) is 0 Å². The summed E-state index contributed by atoms with van der Waals surface area (Å²) in [6, 6.07) is 10.8. The number of ether oxygens (including phenoxy) is 1. The van der Waals surface area contributed by atoms with E-state index < -0.39 is 11.8 Å². The lowest BCUT2D eigenvalue weighted by molar-refractivity contribution is -0.136. The summed E-state index contributed by atoms with van der Waals surface area (Å²) >= 11 is 0. The molecule has 5 nitrogen and oxygen atoms in total. The Morgan fingerprint density at radius 3 is 2.43 bits per heavy atom. The molecule has 0 aliphatic rings. The molecule has 0 spiro atoms. The number of aromatic hydroxyl groups is 1. The average Bonchev–Trinajstić information content (AvgIpc) is 2.46. The lowest BCUT2D eigenvalue weighted by Crippen LogP contribution is -2.09. The van der Waals surface area contributed by atoms with E-state index in [1.54, 1.807) is 30.3 Å². The van der Waals surface area contributed by atoms with Gasteiger partial charge < -0.3 is 14.9 Å². The standard InChI is InChI=1S/C16H14O5/c1-21-11-6-7-13(14(17)9-11)16(20)12-5-3-2-4-10(12)8-15(18)19/h2-7,9,17H,8H2,1H3,(H,18,19). The Morgan fingerprint density at radius 2 is 1.81 bits per heavy atom. The molecule has 0 saturated heterocycles. The highest BCUT2D eigenvalue weighted by molar-refractivity contribution is 6.11. The molecule has 0 unspecified atom stereocenters. The van der Waals surface area contributed by atoms with Gasteiger partial charge in [0.1, 0.15) is 11.5 Å². The molecule has 2 aromatic rings. The number of ketones is 1. The maximum atomic E-state index is 12.5. The summed E-state index contributed by atoms with van der Waals surface area (Å²) in [4.78, 5) is 23.3. The van der Waals surface area contributed by atoms with Gasteiger partial charge in [0, 0.05) is 11.6 Å². The number of hydrogen-bond acceptors (Lipinski definition) is 4. The van der Waals surface area contributed by atoms with E-state index in [-0.39, 0.29) is 23.3 Å². The Bertz CT molecular complexity index is 691. The number of phenolic OH excluding ortho intramolecular Hbond substituents is 1. The van der Waals surface area contributed by atoms with Crippen LogP contribution < -0.4 is 4.74 Å². The van der Waals surface area contributed by atoms with Crippen LogP contribution in [0.15, 0.2) is 42.5 Å². The molecular formula is C16H14O5. The average molecular weight is 286 g/mol. The van der Waals surface area contributed by atoms with Crippen molar-refractivity contribution in [2.45, 2.75) is 6.42 Å². The number of rotatable bonds is 5. The fourth-order valence-electron chi connectivity index (χ4n) is 2.03. The fraction of sp³-hybridized carbons (Fsp3) is 0.125. The molecule has 0 bridgehead atoms. The van der Waals surface area contributed by atoms with Gasteiger partial charge in [0.25, 0.3) is 0 Å². The Morgan fingerprint density at radius 1 is 1.10 bits per heavy atom. The summed E-state index contributed by atoms with van der Waals surface area (Å²) in [5, 5.41) is 18.8. The van der Waals surface area contributed by atoms with E-state index in [2.05, 4.69) is 0 Å². The lowest BCUT2D eigenvalue weighted by atomic mass is 9.96. The molecule has 0 saturated carbocycles. The van der Waals surface area contributed by atoms with Crippen molar-refractivity contribution in [2.75, 3.05) is 7.11 Å². The summed E-state index contributed by atoms with van der Waals surface area (Å²) < 4.78 is 4.96. The predicted octanol–water partition coefficient (Wildman–Crippen LogP) is 2.26. The third-order valence-electron chi connectivity index (χ3n) is 3.05. The van der Waals surface area contributed by atoms with Crippen molar-refractivity contribution in [1.82, 2.24) is 0 Å². The summed E-state index contributed by atoms with van der Waals surface area (Å²) in [5.74, 6) is -1.21. The van der Waals surface area contributed by atoms with Crippen LogP contribution in [0.25, 0.3) is 0 Å². The molecule has 21 heavy (non-hydrogen) atoms. The number of methoxy groups -OCH3 is 1. The van der Waals surface area contributed by atoms with Crippen molar-refractivity contribution in [1.29, 1.82) is 0 Å². The molecule has 2 N–H and O–H groups in total. The molecule has 5 heteroatoms. The normalized spacial score (nSPS) is 10.1. The van der Waals surface area contributed by atoms with Gasteiger partial charge in [-0.1, -0.05) is 24.3 Å². The largest absolute Gasteiger partial charge is 0.507 e. The minimum atomic E-state index is -1.02. The highest BCUT2D eigenvalue weighted by atomic mass is 16.5. The first-order valence-electron chi connectivity index (χ1n) is 6.24. The van der Waals surface area contributed by atoms with Crippen LogP contribution >= 0.6 is 0 Å². The molecule has 0 atom stereocenters. The summed E-state index contributed by atoms with van der Waals surface area (Å²) in [6.07, 6.45) is -0.251. The SMILES string of the molecule is COc1ccc(C(=O)c2ccccc2CC(=O)O)c(O)c1. The minimum absolute atomic E-state index is 0.105. The van der Waals surface area contributed by atoms with Gasteiger partial charge in [0.05, 0.1) is 19.1 Å². The van der Waals surface area contributed by atoms with Crippen molar-refractivity contribution in [3.8, 4) is 11.5 Å². The maximum absolute atomic E-state index is 12.5. The van der Waals surface area contributed by atoms with Gasteiger partial charge in [-0.05, 0) is 17.7 Å². The molecular weight excluding hydrogens is 272 g/mol. The van der Waals surface area contributed by atoms with Crippen molar-refractivity contribution in [2.24, 2.45) is 0 Å². The first-order valence-corrected chi connectivity index (χ1v) is 6.24. The number of carboxylic acids is 1. The summed E-state index contributed by atoms with van der Waals surface area (Å²) in [7, 11) is 1.46. The fourth-order valence-corrected chi connectivity index (χ4v) is 2.03. The van der Waals surface area contributed by atoms with Crippen LogP contribution in [-0.4, -0.2) is 29.1 Å². The van der Waals surface area contributed by atoms with Crippen LogP contribution in [0.3, 0.4) is 0 Å². The Kier molecular flexibility index (Phi) is 4.23. The van der Waals surface area contributed by atoms with Crippen LogP contribution in [0.4, 0.5) is 0 Å². The summed E-state index contributed by atoms with van der Waals surface area (Å²) in [5.41, 5.74) is 0.777. The predicted molar refractivity (Wildman–Crippen MR) is 75.9 cm³/mol. The number of phenols is 1. The molecule has 2 aromatic carbocycles. The molecule has 0 heterocycles. The molecule has 108 valence electrons. The van der Waals surface area contributed by atoms with Gasteiger partial charge in [0.2, 0.25) is 0 Å². The number of benzene rings is 2. The Labute approximate surface area is 121 Å². The second-order valence-electron chi connectivity index (χ2n) is 4.44. The quantitative estimate of drug-likeness (QED) is 0.824. The smallest absolute Gasteiger partial charge is 0.307 e. The molecule has 2 rings (SSSR count). The summed E-state index contributed by atoms with van der Waals surface area (Å²) in [6.45, 7) is 0. The van der Waals surface area contributed by atoms with Crippen LogP contribution in [0.1, 0.15) is 21.5 Å². The highest BCUT2D eigenvalue weighted by Crippen LogP contribution is 2.26. The number of carboxylic acid groups (broad SMARTS) is 1. The van der Waals surface area contributed by atoms with Crippen LogP contribution in [0, 0.1) is 0 Å². The van der Waals surface area contributed by atoms with Gasteiger partial charge in [0.15, 0.2) is 5.78 Å². The zero-order chi connectivity index (χ0) is 15.4.